The molecule has 0 spiro atoms. The molecule has 104 valence electrons. The Bertz CT molecular complexity index is 354. The fraction of sp³-hybridized carbons (Fsp3) is 0.800. The number of alkyl halides is 3. The first-order valence-electron chi connectivity index (χ1n) is 5.54. The third-order valence-corrected chi connectivity index (χ3v) is 2.19. The predicted octanol–water partition coefficient (Wildman–Crippen LogP) is 1.64. The first-order valence-corrected chi connectivity index (χ1v) is 5.54. The molecule has 0 saturated heterocycles. The fourth-order valence-electron chi connectivity index (χ4n) is 1.39. The molecular formula is C10H16F3N3O2. The molecule has 0 saturated carbocycles. The largest absolute Gasteiger partial charge is 0.401 e. The standard InChI is InChI=1S/C10H16F3N3O2/c1-3-9-14-8(15-18-9)6-16(4-5-17-2)7-10(11,12)13/h3-7H2,1-2H3. The molecule has 1 aromatic rings. The Morgan fingerprint density at radius 2 is 2.11 bits per heavy atom. The van der Waals surface area contributed by atoms with Gasteiger partial charge in [-0.15, -0.1) is 0 Å². The Morgan fingerprint density at radius 3 is 2.61 bits per heavy atom. The molecule has 0 bridgehead atoms. The van der Waals surface area contributed by atoms with Gasteiger partial charge in [-0.25, -0.2) is 0 Å². The molecule has 1 aromatic heterocycles. The quantitative estimate of drug-likeness (QED) is 0.751. The SMILES string of the molecule is CCc1nc(CN(CCOC)CC(F)(F)F)no1. The summed E-state index contributed by atoms with van der Waals surface area (Å²) >= 11 is 0. The van der Waals surface area contributed by atoms with Gasteiger partial charge in [0.1, 0.15) is 0 Å². The second-order valence-corrected chi connectivity index (χ2v) is 3.78. The zero-order valence-corrected chi connectivity index (χ0v) is 10.3. The minimum atomic E-state index is -4.26. The van der Waals surface area contributed by atoms with Crippen LogP contribution < -0.4 is 0 Å². The highest BCUT2D eigenvalue weighted by molar-refractivity contribution is 4.86. The van der Waals surface area contributed by atoms with Crippen LogP contribution in [0.5, 0.6) is 0 Å². The van der Waals surface area contributed by atoms with Crippen LogP contribution in [-0.4, -0.2) is 48.0 Å². The number of aryl methyl sites for hydroxylation is 1. The third kappa shape index (κ3) is 5.46. The van der Waals surface area contributed by atoms with Gasteiger partial charge in [-0.2, -0.15) is 18.2 Å². The lowest BCUT2D eigenvalue weighted by Gasteiger charge is -2.21. The van der Waals surface area contributed by atoms with Crippen LogP contribution in [0.15, 0.2) is 4.52 Å². The second kappa shape index (κ2) is 6.69. The van der Waals surface area contributed by atoms with Gasteiger partial charge in [-0.1, -0.05) is 12.1 Å². The van der Waals surface area contributed by atoms with E-state index < -0.39 is 12.7 Å². The number of rotatable bonds is 7. The van der Waals surface area contributed by atoms with Crippen molar-refractivity contribution < 1.29 is 22.4 Å². The summed E-state index contributed by atoms with van der Waals surface area (Å²) in [6.45, 7) is 1.18. The van der Waals surface area contributed by atoms with Gasteiger partial charge in [0.25, 0.3) is 0 Å². The van der Waals surface area contributed by atoms with Crippen LogP contribution in [0.1, 0.15) is 18.6 Å². The van der Waals surface area contributed by atoms with E-state index in [0.29, 0.717) is 12.3 Å². The van der Waals surface area contributed by atoms with Crippen LogP contribution in [0.4, 0.5) is 13.2 Å². The number of halogens is 3. The molecule has 0 N–H and O–H groups in total. The molecular weight excluding hydrogens is 251 g/mol. The smallest absolute Gasteiger partial charge is 0.383 e. The van der Waals surface area contributed by atoms with Crippen LogP contribution in [0.25, 0.3) is 0 Å². The first-order chi connectivity index (χ1) is 8.44. The third-order valence-electron chi connectivity index (χ3n) is 2.19. The van der Waals surface area contributed by atoms with Gasteiger partial charge in [-0.05, 0) is 0 Å². The summed E-state index contributed by atoms with van der Waals surface area (Å²) in [7, 11) is 1.44. The van der Waals surface area contributed by atoms with Crippen molar-refractivity contribution in [2.24, 2.45) is 0 Å². The summed E-state index contributed by atoms with van der Waals surface area (Å²) in [6, 6.07) is 0. The molecule has 0 unspecified atom stereocenters. The van der Waals surface area contributed by atoms with Gasteiger partial charge in [0.2, 0.25) is 5.89 Å². The van der Waals surface area contributed by atoms with Crippen LogP contribution >= 0.6 is 0 Å². The van der Waals surface area contributed by atoms with Gasteiger partial charge < -0.3 is 9.26 Å². The summed E-state index contributed by atoms with van der Waals surface area (Å²) in [5.74, 6) is 0.677. The number of hydrogen-bond donors (Lipinski definition) is 0. The van der Waals surface area contributed by atoms with E-state index in [2.05, 4.69) is 10.1 Å². The molecule has 0 aliphatic carbocycles. The Labute approximate surface area is 103 Å². The van der Waals surface area contributed by atoms with Crippen LogP contribution in [0, 0.1) is 0 Å². The number of ether oxygens (including phenoxy) is 1. The number of aromatic nitrogens is 2. The summed E-state index contributed by atoms with van der Waals surface area (Å²) < 4.78 is 46.7. The molecule has 0 aliphatic rings. The van der Waals surface area contributed by atoms with E-state index in [9.17, 15) is 13.2 Å². The van der Waals surface area contributed by atoms with Gasteiger partial charge >= 0.3 is 6.18 Å². The lowest BCUT2D eigenvalue weighted by atomic mass is 10.4. The lowest BCUT2D eigenvalue weighted by molar-refractivity contribution is -0.148. The van der Waals surface area contributed by atoms with E-state index in [0.717, 1.165) is 0 Å². The second-order valence-electron chi connectivity index (χ2n) is 3.78. The maximum atomic E-state index is 12.4. The Kier molecular flexibility index (Phi) is 5.54. The average Bonchev–Trinajstić information content (AvgIpc) is 2.71. The fourth-order valence-corrected chi connectivity index (χ4v) is 1.39. The Morgan fingerprint density at radius 1 is 1.39 bits per heavy atom. The molecule has 0 aliphatic heterocycles. The number of nitrogens with zero attached hydrogens (tertiary/aromatic N) is 3. The monoisotopic (exact) mass is 267 g/mol. The van der Waals surface area contributed by atoms with E-state index in [1.165, 1.54) is 12.0 Å². The maximum absolute atomic E-state index is 12.4. The van der Waals surface area contributed by atoms with Crippen molar-refractivity contribution >= 4 is 0 Å². The highest BCUT2D eigenvalue weighted by Gasteiger charge is 2.31. The number of hydrogen-bond acceptors (Lipinski definition) is 5. The summed E-state index contributed by atoms with van der Waals surface area (Å²) in [4.78, 5) is 5.15. The van der Waals surface area contributed by atoms with Crippen LogP contribution in [0.2, 0.25) is 0 Å². The van der Waals surface area contributed by atoms with Crippen molar-refractivity contribution in [3.05, 3.63) is 11.7 Å². The molecule has 1 heterocycles. The van der Waals surface area contributed by atoms with Crippen molar-refractivity contribution in [3.63, 3.8) is 0 Å². The molecule has 0 amide bonds. The van der Waals surface area contributed by atoms with Crippen molar-refractivity contribution in [3.8, 4) is 0 Å². The van der Waals surface area contributed by atoms with Crippen molar-refractivity contribution in [2.45, 2.75) is 26.1 Å². The van der Waals surface area contributed by atoms with Crippen LogP contribution in [-0.2, 0) is 17.7 Å². The van der Waals surface area contributed by atoms with Crippen molar-refractivity contribution in [1.82, 2.24) is 15.0 Å². The first kappa shape index (κ1) is 14.9. The average molecular weight is 267 g/mol. The van der Waals surface area contributed by atoms with Crippen molar-refractivity contribution in [1.29, 1.82) is 0 Å². The maximum Gasteiger partial charge on any atom is 0.401 e. The summed E-state index contributed by atoms with van der Waals surface area (Å²) in [5, 5.41) is 3.63. The minimum absolute atomic E-state index is 0.00757. The molecule has 0 radical (unpaired) electrons. The van der Waals surface area contributed by atoms with Gasteiger partial charge in [0, 0.05) is 20.1 Å². The molecule has 0 fully saturated rings. The molecule has 0 atom stereocenters. The molecule has 18 heavy (non-hydrogen) atoms. The zero-order valence-electron chi connectivity index (χ0n) is 10.3. The summed E-state index contributed by atoms with van der Waals surface area (Å²) in [5.41, 5.74) is 0. The highest BCUT2D eigenvalue weighted by Crippen LogP contribution is 2.17. The molecule has 5 nitrogen and oxygen atoms in total. The Hall–Kier alpha value is -1.15. The zero-order chi connectivity index (χ0) is 13.6. The normalized spacial score (nSPS) is 12.3. The van der Waals surface area contributed by atoms with Gasteiger partial charge in [0.05, 0.1) is 19.7 Å². The van der Waals surface area contributed by atoms with Crippen molar-refractivity contribution in [2.75, 3.05) is 26.8 Å². The topological polar surface area (TPSA) is 51.4 Å². The molecule has 8 heteroatoms. The van der Waals surface area contributed by atoms with Gasteiger partial charge in [-0.3, -0.25) is 4.90 Å². The Balaban J connectivity index is 2.59. The molecule has 1 rings (SSSR count). The van der Waals surface area contributed by atoms with E-state index in [1.54, 1.807) is 0 Å². The van der Waals surface area contributed by atoms with E-state index in [1.807, 2.05) is 6.92 Å². The lowest BCUT2D eigenvalue weighted by Crippen LogP contribution is -2.36. The number of methoxy groups -OCH3 is 1. The minimum Gasteiger partial charge on any atom is -0.383 e. The van der Waals surface area contributed by atoms with E-state index in [4.69, 9.17) is 9.26 Å². The predicted molar refractivity (Wildman–Crippen MR) is 56.9 cm³/mol. The van der Waals surface area contributed by atoms with E-state index >= 15 is 0 Å². The summed E-state index contributed by atoms with van der Waals surface area (Å²) in [6.07, 6.45) is -3.70. The van der Waals surface area contributed by atoms with Gasteiger partial charge in [0.15, 0.2) is 5.82 Å². The van der Waals surface area contributed by atoms with Crippen LogP contribution in [0.3, 0.4) is 0 Å². The van der Waals surface area contributed by atoms with E-state index in [-0.39, 0.29) is 25.5 Å². The highest BCUT2D eigenvalue weighted by atomic mass is 19.4. The molecule has 0 aromatic carbocycles.